The van der Waals surface area contributed by atoms with Crippen LogP contribution in [0.4, 0.5) is 17.1 Å². The molecule has 1 nitrogen and oxygen atoms in total. The SMILES string of the molecule is CC(C)(C)c1cc(-c2ccccc2)c(N2c3cc(-c4c5ccccc5c(-c5ccccc5)c5ccccc45)ccc3B3c4cc(-c5ccccc5)ccc4Sc4cc(C(C)(C)C)cc2c43)c(-c2ccccc2)c1. The number of nitrogens with zero attached hydrogens (tertiary/aromatic N) is 1. The summed E-state index contributed by atoms with van der Waals surface area (Å²) in [5, 5.41) is 5.00. The van der Waals surface area contributed by atoms with Crippen molar-refractivity contribution in [3.8, 4) is 55.6 Å². The van der Waals surface area contributed by atoms with Crippen molar-refractivity contribution in [2.45, 2.75) is 62.2 Å². The average molecular weight is 954 g/mol. The van der Waals surface area contributed by atoms with Crippen LogP contribution in [-0.2, 0) is 10.8 Å². The summed E-state index contributed by atoms with van der Waals surface area (Å²) >= 11 is 1.94. The van der Waals surface area contributed by atoms with Gasteiger partial charge in [-0.25, -0.2) is 0 Å². The van der Waals surface area contributed by atoms with Gasteiger partial charge in [-0.2, -0.15) is 0 Å². The summed E-state index contributed by atoms with van der Waals surface area (Å²) in [6.07, 6.45) is 0. The van der Waals surface area contributed by atoms with Crippen molar-refractivity contribution in [3.63, 3.8) is 0 Å². The molecule has 3 heteroatoms. The van der Waals surface area contributed by atoms with Crippen LogP contribution in [0.3, 0.4) is 0 Å². The van der Waals surface area contributed by atoms with E-state index in [4.69, 9.17) is 0 Å². The molecule has 0 unspecified atom stereocenters. The van der Waals surface area contributed by atoms with Gasteiger partial charge in [0.1, 0.15) is 0 Å². The summed E-state index contributed by atoms with van der Waals surface area (Å²) in [6, 6.07) is 86.9. The van der Waals surface area contributed by atoms with E-state index in [0.29, 0.717) is 0 Å². The minimum atomic E-state index is -0.119. The molecule has 2 heterocycles. The third-order valence-electron chi connectivity index (χ3n) is 15.4. The van der Waals surface area contributed by atoms with Crippen LogP contribution in [0, 0.1) is 0 Å². The second-order valence-corrected chi connectivity index (χ2v) is 23.1. The molecular formula is C70H56BNS. The van der Waals surface area contributed by atoms with Crippen LogP contribution < -0.4 is 21.3 Å². The molecule has 0 fully saturated rings. The van der Waals surface area contributed by atoms with Crippen molar-refractivity contribution < 1.29 is 0 Å². The summed E-state index contributed by atoms with van der Waals surface area (Å²) in [4.78, 5) is 5.35. The van der Waals surface area contributed by atoms with Crippen LogP contribution in [0.25, 0.3) is 77.2 Å². The lowest BCUT2D eigenvalue weighted by Gasteiger charge is -2.43. The van der Waals surface area contributed by atoms with E-state index in [0.717, 1.165) is 0 Å². The molecule has 0 radical (unpaired) electrons. The molecule has 2 aliphatic heterocycles. The highest BCUT2D eigenvalue weighted by atomic mass is 32.2. The Bertz CT molecular complexity index is 3820. The summed E-state index contributed by atoms with van der Waals surface area (Å²) in [5.74, 6) is 0. The van der Waals surface area contributed by atoms with E-state index in [-0.39, 0.29) is 17.5 Å². The predicted octanol–water partition coefficient (Wildman–Crippen LogP) is 17.7. The van der Waals surface area contributed by atoms with Crippen molar-refractivity contribution >= 4 is 73.5 Å². The van der Waals surface area contributed by atoms with E-state index in [1.54, 1.807) is 0 Å². The molecule has 11 aromatic carbocycles. The lowest BCUT2D eigenvalue weighted by Crippen LogP contribution is -2.60. The van der Waals surface area contributed by atoms with Gasteiger partial charge in [0.15, 0.2) is 0 Å². The summed E-state index contributed by atoms with van der Waals surface area (Å²) in [7, 11) is 0. The Hall–Kier alpha value is -7.85. The molecule has 0 atom stereocenters. The molecule has 0 N–H and O–H groups in total. The van der Waals surface area contributed by atoms with Crippen LogP contribution in [0.15, 0.2) is 240 Å². The van der Waals surface area contributed by atoms with Gasteiger partial charge in [-0.3, -0.25) is 0 Å². The van der Waals surface area contributed by atoms with Gasteiger partial charge in [0.05, 0.1) is 5.69 Å². The average Bonchev–Trinajstić information content (AvgIpc) is 3.42. The number of benzene rings is 11. The Morgan fingerprint density at radius 2 is 0.795 bits per heavy atom. The Balaban J connectivity index is 1.19. The highest BCUT2D eigenvalue weighted by molar-refractivity contribution is 8.00. The van der Waals surface area contributed by atoms with E-state index < -0.39 is 0 Å². The first-order valence-corrected chi connectivity index (χ1v) is 26.6. The number of anilines is 3. The van der Waals surface area contributed by atoms with Crippen molar-refractivity contribution in [2.24, 2.45) is 0 Å². The van der Waals surface area contributed by atoms with Crippen LogP contribution in [0.2, 0.25) is 0 Å². The first kappa shape index (κ1) is 45.0. The van der Waals surface area contributed by atoms with Crippen molar-refractivity contribution in [3.05, 3.63) is 242 Å². The highest BCUT2D eigenvalue weighted by Crippen LogP contribution is 2.53. The van der Waals surface area contributed by atoms with Crippen molar-refractivity contribution in [1.29, 1.82) is 0 Å². The van der Waals surface area contributed by atoms with Gasteiger partial charge in [-0.1, -0.05) is 253 Å². The van der Waals surface area contributed by atoms with E-state index in [1.165, 1.54) is 132 Å². The molecule has 11 aromatic rings. The molecule has 0 amide bonds. The number of fused-ring (bicyclic) bond motifs is 6. The first-order chi connectivity index (χ1) is 35.5. The topological polar surface area (TPSA) is 3.24 Å². The Morgan fingerprint density at radius 1 is 0.342 bits per heavy atom. The van der Waals surface area contributed by atoms with Crippen molar-refractivity contribution in [1.82, 2.24) is 0 Å². The van der Waals surface area contributed by atoms with Gasteiger partial charge in [0, 0.05) is 32.3 Å². The van der Waals surface area contributed by atoms with Gasteiger partial charge in [-0.05, 0) is 135 Å². The lowest BCUT2D eigenvalue weighted by molar-refractivity contribution is 0.589. The molecule has 350 valence electrons. The minimum absolute atomic E-state index is 0.0117. The monoisotopic (exact) mass is 953 g/mol. The zero-order valence-corrected chi connectivity index (χ0v) is 43.2. The second kappa shape index (κ2) is 17.4. The van der Waals surface area contributed by atoms with Gasteiger partial charge in [0.25, 0.3) is 0 Å². The Kier molecular flexibility index (Phi) is 10.8. The normalized spacial score (nSPS) is 13.0. The number of hydrogen-bond acceptors (Lipinski definition) is 2. The molecule has 0 saturated carbocycles. The lowest BCUT2D eigenvalue weighted by atomic mass is 9.34. The Labute approximate surface area is 435 Å². The van der Waals surface area contributed by atoms with Gasteiger partial charge < -0.3 is 4.90 Å². The molecule has 73 heavy (non-hydrogen) atoms. The zero-order chi connectivity index (χ0) is 49.6. The summed E-state index contributed by atoms with van der Waals surface area (Å²) < 4.78 is 0. The smallest absolute Gasteiger partial charge is 0.249 e. The predicted molar refractivity (Wildman–Crippen MR) is 316 cm³/mol. The third-order valence-corrected chi connectivity index (χ3v) is 16.5. The standard InChI is InChI=1S/C70H56BNS/c1-69(2,3)51-41-57(46-25-13-8-14-26-46)68(58(42-51)47-27-15-9-16-28-47)72-61-40-50(66-55-33-21-19-31-53(55)65(48-29-17-10-18-30-48)54-32-20-22-34-56(54)66)35-37-59(61)71-60-39-49(45-23-11-7-12-24-45)36-38-63(60)73-64-44-52(70(4,5)6)43-62(72)67(64)71/h7-44H,1-6H3. The number of hydrogen-bond donors (Lipinski definition) is 0. The second-order valence-electron chi connectivity index (χ2n) is 22.0. The third kappa shape index (κ3) is 7.64. The Morgan fingerprint density at radius 3 is 1.32 bits per heavy atom. The molecule has 0 aliphatic carbocycles. The van der Waals surface area contributed by atoms with Crippen molar-refractivity contribution in [2.75, 3.05) is 4.90 Å². The maximum Gasteiger partial charge on any atom is 0.249 e. The fraction of sp³-hybridized carbons (Fsp3) is 0.114. The summed E-state index contributed by atoms with van der Waals surface area (Å²) in [5.41, 5.74) is 22.3. The molecular weight excluding hydrogens is 898 g/mol. The maximum absolute atomic E-state index is 2.70. The number of rotatable bonds is 6. The molecule has 0 aromatic heterocycles. The van der Waals surface area contributed by atoms with Gasteiger partial charge >= 0.3 is 0 Å². The fourth-order valence-electron chi connectivity index (χ4n) is 11.7. The van der Waals surface area contributed by atoms with E-state index in [9.17, 15) is 0 Å². The molecule has 0 saturated heterocycles. The van der Waals surface area contributed by atoms with E-state index in [2.05, 4.69) is 277 Å². The van der Waals surface area contributed by atoms with Gasteiger partial charge in [0.2, 0.25) is 6.71 Å². The fourth-order valence-corrected chi connectivity index (χ4v) is 12.9. The van der Waals surface area contributed by atoms with Crippen LogP contribution in [0.5, 0.6) is 0 Å². The maximum atomic E-state index is 2.70. The molecule has 0 bridgehead atoms. The van der Waals surface area contributed by atoms with E-state index in [1.807, 2.05) is 11.8 Å². The molecule has 13 rings (SSSR count). The molecule has 0 spiro atoms. The van der Waals surface area contributed by atoms with Crippen LogP contribution in [0.1, 0.15) is 52.7 Å². The minimum Gasteiger partial charge on any atom is -0.310 e. The summed E-state index contributed by atoms with van der Waals surface area (Å²) in [6.45, 7) is 14.1. The zero-order valence-electron chi connectivity index (χ0n) is 42.4. The van der Waals surface area contributed by atoms with Crippen LogP contribution >= 0.6 is 11.8 Å². The first-order valence-electron chi connectivity index (χ1n) is 25.8. The van der Waals surface area contributed by atoms with Crippen LogP contribution in [-0.4, -0.2) is 6.71 Å². The quantitative estimate of drug-likeness (QED) is 0.121. The molecule has 2 aliphatic rings. The van der Waals surface area contributed by atoms with Gasteiger partial charge in [-0.15, -0.1) is 0 Å². The largest absolute Gasteiger partial charge is 0.310 e. The highest BCUT2D eigenvalue weighted by Gasteiger charge is 2.43. The van der Waals surface area contributed by atoms with E-state index >= 15 is 0 Å².